The van der Waals surface area contributed by atoms with Crippen LogP contribution in [0.3, 0.4) is 0 Å². The van der Waals surface area contributed by atoms with Crippen LogP contribution in [-0.2, 0) is 23.9 Å². The first-order valence-corrected chi connectivity index (χ1v) is 20.6. The number of hydrogen-bond donors (Lipinski definition) is 4. The predicted octanol–water partition coefficient (Wildman–Crippen LogP) is 7.75. The summed E-state index contributed by atoms with van der Waals surface area (Å²) in [6.07, 6.45) is 0.0123. The number of phenols is 1. The van der Waals surface area contributed by atoms with Gasteiger partial charge in [-0.3, -0.25) is 9.36 Å². The van der Waals surface area contributed by atoms with Crippen molar-refractivity contribution in [3.63, 3.8) is 0 Å². The van der Waals surface area contributed by atoms with Crippen molar-refractivity contribution in [2.45, 2.75) is 70.9 Å². The van der Waals surface area contributed by atoms with Gasteiger partial charge in [-0.15, -0.1) is 0 Å². The van der Waals surface area contributed by atoms with E-state index in [-0.39, 0.29) is 22.5 Å². The minimum atomic E-state index is -2.25. The number of aryl methyl sites for hydroxylation is 2. The summed E-state index contributed by atoms with van der Waals surface area (Å²) in [6.45, 7) is 12.3. The van der Waals surface area contributed by atoms with Gasteiger partial charge < -0.3 is 34.7 Å². The summed E-state index contributed by atoms with van der Waals surface area (Å²) in [4.78, 5) is 39.5. The number of primary amides is 1. The van der Waals surface area contributed by atoms with Crippen LogP contribution in [0.4, 0.5) is 4.79 Å². The number of rotatable bonds is 13. The molecule has 0 bridgehead atoms. The lowest BCUT2D eigenvalue weighted by molar-refractivity contribution is 0.181. The number of pyridine rings is 1. The Hall–Kier alpha value is -5.43. The van der Waals surface area contributed by atoms with Crippen molar-refractivity contribution >= 4 is 36.4 Å². The lowest BCUT2D eigenvalue weighted by Crippen LogP contribution is -2.43. The highest BCUT2D eigenvalue weighted by Crippen LogP contribution is 2.41. The normalized spacial score (nSPS) is 12.7. The van der Waals surface area contributed by atoms with Gasteiger partial charge in [0.25, 0.3) is 0 Å². The first kappa shape index (κ1) is 37.3. The van der Waals surface area contributed by atoms with Gasteiger partial charge >= 0.3 is 11.8 Å². The molecule has 0 spiro atoms. The molecule has 11 nitrogen and oxygen atoms in total. The number of aromatic nitrogens is 2. The highest BCUT2D eigenvalue weighted by molar-refractivity contribution is 6.74. The van der Waals surface area contributed by atoms with E-state index in [1.165, 1.54) is 6.07 Å². The van der Waals surface area contributed by atoms with Crippen molar-refractivity contribution in [2.24, 2.45) is 5.73 Å². The maximum atomic E-state index is 13.0. The molecule has 12 heteroatoms. The van der Waals surface area contributed by atoms with E-state index in [1.807, 2.05) is 72.8 Å². The zero-order valence-corrected chi connectivity index (χ0v) is 31.7. The average molecular weight is 735 g/mol. The number of phenolic OH excluding ortho intramolecular Hbond substituents is 1. The quantitative estimate of drug-likeness (QED) is 0.0876. The van der Waals surface area contributed by atoms with E-state index in [2.05, 4.69) is 44.2 Å². The third-order valence-corrected chi connectivity index (χ3v) is 14.6. The number of hydrogen-bond acceptors (Lipinski definition) is 8. The Balaban J connectivity index is 1.18. The molecule has 6 aromatic rings. The average Bonchev–Trinajstić information content (AvgIpc) is 3.41. The Kier molecular flexibility index (Phi) is 10.8. The molecule has 1 atom stereocenters. The topological polar surface area (TPSA) is 162 Å². The molecule has 0 fully saturated rings. The monoisotopic (exact) mass is 734 g/mol. The number of nitrogens with two attached hydrogens (primary N) is 1. The Morgan fingerprint density at radius 3 is 2.47 bits per heavy atom. The molecule has 0 unspecified atom stereocenters. The number of H-pyrrole nitrogens is 1. The minimum absolute atomic E-state index is 0.00256. The number of carbonyl (C=O) groups excluding carboxylic acids is 1. The molecule has 2 heterocycles. The Labute approximate surface area is 308 Å². The second kappa shape index (κ2) is 15.3. The lowest BCUT2D eigenvalue weighted by atomic mass is 10.0. The fourth-order valence-electron chi connectivity index (χ4n) is 6.28. The molecule has 53 heavy (non-hydrogen) atoms. The fraction of sp³-hybridized carbons (Fsp3) is 0.293. The van der Waals surface area contributed by atoms with E-state index in [4.69, 9.17) is 19.3 Å². The highest BCUT2D eigenvalue weighted by atomic mass is 28.4. The van der Waals surface area contributed by atoms with E-state index in [1.54, 1.807) is 16.7 Å². The molecule has 4 aromatic carbocycles. The van der Waals surface area contributed by atoms with Crippen LogP contribution in [0.1, 0.15) is 50.0 Å². The maximum absolute atomic E-state index is 13.0. The molecule has 2 aromatic heterocycles. The second-order valence-electron chi connectivity index (χ2n) is 14.8. The zero-order chi connectivity index (χ0) is 37.9. The standard InChI is InChI=1S/C41H46N4O7Si/c1-41(2,3)53(4,5)52-36(30-16-18-33(46)38-31(30)17-20-37(47)44-38)25-43-24-27-14-19-34-32(22-27)45(40(49)51-34)21-9-10-26-13-15-29(28-11-7-6-8-12-28)35(23-26)50-39(42)48/h6-8,11-20,22-23,36,43,46H,9-10,21,24-25H2,1-5H3,(H2,42,48)(H,44,47)/t36-/m0/s1. The second-order valence-corrected chi connectivity index (χ2v) is 19.6. The summed E-state index contributed by atoms with van der Waals surface area (Å²) in [6, 6.07) is 27.7. The van der Waals surface area contributed by atoms with Crippen molar-refractivity contribution < 1.29 is 23.5 Å². The third-order valence-electron chi connectivity index (χ3n) is 10.1. The van der Waals surface area contributed by atoms with Crippen molar-refractivity contribution in [1.82, 2.24) is 14.9 Å². The summed E-state index contributed by atoms with van der Waals surface area (Å²) in [5.41, 5.74) is 11.1. The van der Waals surface area contributed by atoms with Crippen LogP contribution < -0.4 is 27.1 Å². The molecule has 1 amide bonds. The Bertz CT molecular complexity index is 2370. The van der Waals surface area contributed by atoms with Crippen LogP contribution >= 0.6 is 0 Å². The van der Waals surface area contributed by atoms with Gasteiger partial charge in [0.05, 0.1) is 17.1 Å². The van der Waals surface area contributed by atoms with Gasteiger partial charge in [-0.25, -0.2) is 9.59 Å². The lowest BCUT2D eigenvalue weighted by Gasteiger charge is -2.39. The maximum Gasteiger partial charge on any atom is 0.419 e. The van der Waals surface area contributed by atoms with Gasteiger partial charge in [-0.05, 0) is 83.6 Å². The van der Waals surface area contributed by atoms with Crippen molar-refractivity contribution in [3.05, 3.63) is 129 Å². The van der Waals surface area contributed by atoms with E-state index >= 15 is 0 Å². The minimum Gasteiger partial charge on any atom is -0.506 e. The van der Waals surface area contributed by atoms with Crippen LogP contribution in [0.15, 0.2) is 105 Å². The molecular weight excluding hydrogens is 689 g/mol. The van der Waals surface area contributed by atoms with E-state index in [9.17, 15) is 19.5 Å². The van der Waals surface area contributed by atoms with Crippen LogP contribution in [0.2, 0.25) is 18.1 Å². The first-order valence-electron chi connectivity index (χ1n) is 17.7. The van der Waals surface area contributed by atoms with Crippen molar-refractivity contribution in [3.8, 4) is 22.6 Å². The summed E-state index contributed by atoms with van der Waals surface area (Å²) in [5, 5.41) is 14.8. The van der Waals surface area contributed by atoms with Gasteiger partial charge in [0.1, 0.15) is 11.5 Å². The van der Waals surface area contributed by atoms with E-state index < -0.39 is 20.2 Å². The molecule has 0 aliphatic carbocycles. The zero-order valence-electron chi connectivity index (χ0n) is 30.7. The summed E-state index contributed by atoms with van der Waals surface area (Å²) in [5.74, 6) is -0.0418. The number of amides is 1. The number of aromatic amines is 1. The Morgan fingerprint density at radius 2 is 1.74 bits per heavy atom. The van der Waals surface area contributed by atoms with Gasteiger partial charge in [0, 0.05) is 36.7 Å². The van der Waals surface area contributed by atoms with Gasteiger partial charge in [0.15, 0.2) is 13.9 Å². The number of benzene rings is 4. The summed E-state index contributed by atoms with van der Waals surface area (Å²) in [7, 11) is -2.25. The van der Waals surface area contributed by atoms with Gasteiger partial charge in [-0.1, -0.05) is 75.4 Å². The first-order chi connectivity index (χ1) is 25.2. The molecular formula is C41H46N4O7Si. The number of carbonyl (C=O) groups is 1. The third kappa shape index (κ3) is 8.46. The molecule has 0 saturated heterocycles. The van der Waals surface area contributed by atoms with Crippen LogP contribution in [0.5, 0.6) is 11.5 Å². The molecule has 5 N–H and O–H groups in total. The fourth-order valence-corrected chi connectivity index (χ4v) is 7.55. The van der Waals surface area contributed by atoms with Crippen molar-refractivity contribution in [1.29, 1.82) is 0 Å². The molecule has 0 saturated carbocycles. The van der Waals surface area contributed by atoms with Crippen LogP contribution in [-0.4, -0.2) is 35.6 Å². The molecule has 0 aliphatic heterocycles. The van der Waals surface area contributed by atoms with Gasteiger partial charge in [-0.2, -0.15) is 0 Å². The smallest absolute Gasteiger partial charge is 0.419 e. The number of oxazole rings is 1. The summed E-state index contributed by atoms with van der Waals surface area (Å²) < 4.78 is 19.5. The predicted molar refractivity (Wildman–Crippen MR) is 210 cm³/mol. The number of nitrogens with zero attached hydrogens (tertiary/aromatic N) is 1. The van der Waals surface area contributed by atoms with E-state index in [0.29, 0.717) is 54.8 Å². The Morgan fingerprint density at radius 1 is 0.981 bits per heavy atom. The number of nitrogens with one attached hydrogen (secondary N) is 2. The largest absolute Gasteiger partial charge is 0.506 e. The van der Waals surface area contributed by atoms with Crippen molar-refractivity contribution in [2.75, 3.05) is 6.54 Å². The van der Waals surface area contributed by atoms with Crippen LogP contribution in [0.25, 0.3) is 33.1 Å². The van der Waals surface area contributed by atoms with E-state index in [0.717, 1.165) is 33.2 Å². The van der Waals surface area contributed by atoms with Crippen LogP contribution in [0, 0.1) is 0 Å². The molecule has 0 radical (unpaired) electrons. The SMILES string of the molecule is CC(C)(C)[Si](C)(C)O[C@@H](CNCc1ccc2oc(=O)n(CCCc3ccc(-c4ccccc4)c(OC(N)=O)c3)c2c1)c1ccc(O)c2[nH]c(=O)ccc12. The summed E-state index contributed by atoms with van der Waals surface area (Å²) >= 11 is 0. The molecule has 276 valence electrons. The molecule has 0 aliphatic rings. The van der Waals surface area contributed by atoms with Gasteiger partial charge in [0.2, 0.25) is 5.56 Å². The highest BCUT2D eigenvalue weighted by Gasteiger charge is 2.39. The number of fused-ring (bicyclic) bond motifs is 2. The number of ether oxygens (including phenoxy) is 1. The molecule has 6 rings (SSSR count). The number of aromatic hydroxyl groups is 1.